The van der Waals surface area contributed by atoms with E-state index in [1.165, 1.54) is 0 Å². The third-order valence-electron chi connectivity index (χ3n) is 2.18. The molecule has 0 bridgehead atoms. The molecule has 4 nitrogen and oxygen atoms in total. The van der Waals surface area contributed by atoms with Crippen molar-refractivity contribution >= 4 is 0 Å². The third kappa shape index (κ3) is 1.30. The van der Waals surface area contributed by atoms with Crippen LogP contribution in [0.15, 0.2) is 12.4 Å². The number of aromatic nitrogens is 2. The van der Waals surface area contributed by atoms with Gasteiger partial charge in [0.05, 0.1) is 0 Å². The van der Waals surface area contributed by atoms with E-state index < -0.39 is 0 Å². The molecule has 2 N–H and O–H groups in total. The van der Waals surface area contributed by atoms with Crippen LogP contribution < -0.4 is 10.5 Å². The summed E-state index contributed by atoms with van der Waals surface area (Å²) in [6.45, 7) is 0. The van der Waals surface area contributed by atoms with Crippen molar-refractivity contribution in [2.75, 3.05) is 0 Å². The fraction of sp³-hybridized carbons (Fsp3) is 0.625. The highest BCUT2D eigenvalue weighted by atomic mass is 16.5. The van der Waals surface area contributed by atoms with Crippen LogP contribution in [0.4, 0.5) is 0 Å². The zero-order valence-electron chi connectivity index (χ0n) is 7.10. The first-order valence-electron chi connectivity index (χ1n) is 4.15. The normalized spacial score (nSPS) is 28.2. The van der Waals surface area contributed by atoms with E-state index in [9.17, 15) is 0 Å². The fourth-order valence-corrected chi connectivity index (χ4v) is 1.32. The minimum atomic E-state index is 0.279. The molecule has 1 aromatic heterocycles. The topological polar surface area (TPSA) is 53.1 Å². The molecule has 1 fully saturated rings. The molecule has 0 unspecified atom stereocenters. The van der Waals surface area contributed by atoms with Crippen molar-refractivity contribution in [2.24, 2.45) is 12.8 Å². The quantitative estimate of drug-likeness (QED) is 0.688. The molecule has 2 rings (SSSR count). The number of aryl methyl sites for hydroxylation is 1. The van der Waals surface area contributed by atoms with E-state index in [-0.39, 0.29) is 6.10 Å². The molecule has 4 heteroatoms. The van der Waals surface area contributed by atoms with Gasteiger partial charge in [0, 0.05) is 25.5 Å². The number of imidazole rings is 1. The van der Waals surface area contributed by atoms with E-state index >= 15 is 0 Å². The Hall–Kier alpha value is -1.03. The van der Waals surface area contributed by atoms with E-state index in [4.69, 9.17) is 10.5 Å². The Labute approximate surface area is 71.3 Å². The van der Waals surface area contributed by atoms with Crippen molar-refractivity contribution in [1.29, 1.82) is 0 Å². The Morgan fingerprint density at radius 2 is 2.42 bits per heavy atom. The molecular formula is C8H13N3O. The number of hydrogen-bond donors (Lipinski definition) is 1. The highest BCUT2D eigenvalue weighted by molar-refractivity contribution is 4.99. The Bertz CT molecular complexity index is 265. The molecule has 0 radical (unpaired) electrons. The molecule has 0 spiro atoms. The summed E-state index contributed by atoms with van der Waals surface area (Å²) in [6.07, 6.45) is 5.78. The van der Waals surface area contributed by atoms with Crippen molar-refractivity contribution < 1.29 is 4.74 Å². The molecular weight excluding hydrogens is 154 g/mol. The van der Waals surface area contributed by atoms with Gasteiger partial charge in [0.2, 0.25) is 0 Å². The van der Waals surface area contributed by atoms with Crippen LogP contribution in [0.3, 0.4) is 0 Å². The van der Waals surface area contributed by atoms with Crippen molar-refractivity contribution in [3.05, 3.63) is 12.4 Å². The van der Waals surface area contributed by atoms with Gasteiger partial charge in [0.25, 0.3) is 6.01 Å². The van der Waals surface area contributed by atoms with Crippen molar-refractivity contribution in [3.63, 3.8) is 0 Å². The highest BCUT2D eigenvalue weighted by Gasteiger charge is 2.28. The minimum absolute atomic E-state index is 0.279. The van der Waals surface area contributed by atoms with E-state index in [0.717, 1.165) is 12.8 Å². The molecule has 0 amide bonds. The minimum Gasteiger partial charge on any atom is -0.461 e. The standard InChI is InChI=1S/C8H13N3O/c1-11-3-2-10-8(11)12-7-4-6(9)5-7/h2-3,6-7H,4-5,9H2,1H3. The molecule has 0 aromatic carbocycles. The number of nitrogens with two attached hydrogens (primary N) is 1. The molecule has 12 heavy (non-hydrogen) atoms. The summed E-state index contributed by atoms with van der Waals surface area (Å²) < 4.78 is 7.43. The predicted molar refractivity (Wildman–Crippen MR) is 44.8 cm³/mol. The third-order valence-corrected chi connectivity index (χ3v) is 2.18. The molecule has 1 heterocycles. The van der Waals surface area contributed by atoms with Crippen LogP contribution in [-0.4, -0.2) is 21.7 Å². The van der Waals surface area contributed by atoms with Gasteiger partial charge >= 0.3 is 0 Å². The average Bonchev–Trinajstić information content (AvgIpc) is 2.33. The lowest BCUT2D eigenvalue weighted by molar-refractivity contribution is 0.0872. The van der Waals surface area contributed by atoms with Crippen LogP contribution in [0.5, 0.6) is 6.01 Å². The van der Waals surface area contributed by atoms with Gasteiger partial charge in [-0.1, -0.05) is 0 Å². The first-order chi connectivity index (χ1) is 5.75. The lowest BCUT2D eigenvalue weighted by Gasteiger charge is -2.31. The van der Waals surface area contributed by atoms with Gasteiger partial charge in [0.1, 0.15) is 6.10 Å². The van der Waals surface area contributed by atoms with Gasteiger partial charge in [0.15, 0.2) is 0 Å². The lowest BCUT2D eigenvalue weighted by Crippen LogP contribution is -2.43. The largest absolute Gasteiger partial charge is 0.461 e. The van der Waals surface area contributed by atoms with Crippen LogP contribution >= 0.6 is 0 Å². The van der Waals surface area contributed by atoms with Crippen molar-refractivity contribution in [3.8, 4) is 6.01 Å². The van der Waals surface area contributed by atoms with E-state index in [0.29, 0.717) is 12.1 Å². The second kappa shape index (κ2) is 2.79. The maximum Gasteiger partial charge on any atom is 0.296 e. The summed E-state index contributed by atoms with van der Waals surface area (Å²) in [5.74, 6) is 0. The number of ether oxygens (including phenoxy) is 1. The van der Waals surface area contributed by atoms with Crippen molar-refractivity contribution in [2.45, 2.75) is 25.0 Å². The van der Waals surface area contributed by atoms with Crippen LogP contribution in [-0.2, 0) is 7.05 Å². The van der Waals surface area contributed by atoms with Crippen LogP contribution in [0, 0.1) is 0 Å². The van der Waals surface area contributed by atoms with Gasteiger partial charge in [-0.15, -0.1) is 0 Å². The smallest absolute Gasteiger partial charge is 0.296 e. The molecule has 66 valence electrons. The van der Waals surface area contributed by atoms with Gasteiger partial charge in [-0.3, -0.25) is 0 Å². The monoisotopic (exact) mass is 167 g/mol. The highest BCUT2D eigenvalue weighted by Crippen LogP contribution is 2.22. The SMILES string of the molecule is Cn1ccnc1OC1CC(N)C1. The molecule has 0 saturated heterocycles. The number of nitrogens with zero attached hydrogens (tertiary/aromatic N) is 2. The summed E-state index contributed by atoms with van der Waals surface area (Å²) in [5, 5.41) is 0. The number of rotatable bonds is 2. The fourth-order valence-electron chi connectivity index (χ4n) is 1.32. The van der Waals surface area contributed by atoms with Crippen LogP contribution in [0.1, 0.15) is 12.8 Å². The van der Waals surface area contributed by atoms with Gasteiger partial charge in [-0.2, -0.15) is 0 Å². The Balaban J connectivity index is 1.92. The second-order valence-electron chi connectivity index (χ2n) is 3.29. The Morgan fingerprint density at radius 1 is 1.67 bits per heavy atom. The summed E-state index contributed by atoms with van der Waals surface area (Å²) in [7, 11) is 1.92. The zero-order chi connectivity index (χ0) is 8.55. The van der Waals surface area contributed by atoms with Gasteiger partial charge in [-0.05, 0) is 12.8 Å². The Kier molecular flexibility index (Phi) is 1.77. The second-order valence-corrected chi connectivity index (χ2v) is 3.29. The maximum absolute atomic E-state index is 5.63. The first kappa shape index (κ1) is 7.61. The van der Waals surface area contributed by atoms with Crippen molar-refractivity contribution in [1.82, 2.24) is 9.55 Å². The molecule has 0 aliphatic heterocycles. The van der Waals surface area contributed by atoms with E-state index in [1.807, 2.05) is 17.8 Å². The molecule has 0 atom stereocenters. The molecule has 1 aromatic rings. The van der Waals surface area contributed by atoms with E-state index in [2.05, 4.69) is 4.98 Å². The Morgan fingerprint density at radius 3 is 2.92 bits per heavy atom. The first-order valence-corrected chi connectivity index (χ1v) is 4.15. The summed E-state index contributed by atoms with van der Waals surface area (Å²) in [6, 6.07) is 1.02. The van der Waals surface area contributed by atoms with E-state index in [1.54, 1.807) is 6.20 Å². The lowest BCUT2D eigenvalue weighted by atomic mass is 9.90. The predicted octanol–water partition coefficient (Wildman–Crippen LogP) is 0.289. The summed E-state index contributed by atoms with van der Waals surface area (Å²) in [5.41, 5.74) is 5.63. The number of hydrogen-bond acceptors (Lipinski definition) is 3. The van der Waals surface area contributed by atoms with Gasteiger partial charge < -0.3 is 15.0 Å². The maximum atomic E-state index is 5.63. The van der Waals surface area contributed by atoms with Crippen LogP contribution in [0.2, 0.25) is 0 Å². The van der Waals surface area contributed by atoms with Gasteiger partial charge in [-0.25, -0.2) is 4.98 Å². The summed E-state index contributed by atoms with van der Waals surface area (Å²) in [4.78, 5) is 4.06. The zero-order valence-corrected chi connectivity index (χ0v) is 7.10. The summed E-state index contributed by atoms with van der Waals surface area (Å²) >= 11 is 0. The van der Waals surface area contributed by atoms with Crippen LogP contribution in [0.25, 0.3) is 0 Å². The molecule has 1 saturated carbocycles. The molecule has 1 aliphatic carbocycles. The average molecular weight is 167 g/mol. The molecule has 1 aliphatic rings.